The van der Waals surface area contributed by atoms with Crippen molar-refractivity contribution in [3.63, 3.8) is 0 Å². The zero-order valence-corrected chi connectivity index (χ0v) is 13.2. The molecule has 0 saturated heterocycles. The van der Waals surface area contributed by atoms with E-state index in [2.05, 4.69) is 31.9 Å². The second-order valence-corrected chi connectivity index (χ2v) is 5.88. The third-order valence-corrected chi connectivity index (χ3v) is 3.68. The lowest BCUT2D eigenvalue weighted by Crippen LogP contribution is -2.21. The molecule has 0 aliphatic heterocycles. The first-order valence-corrected chi connectivity index (χ1v) is 7.11. The Bertz CT molecular complexity index is 744. The van der Waals surface area contributed by atoms with Gasteiger partial charge in [-0.25, -0.2) is 4.39 Å². The zero-order valence-electron chi connectivity index (χ0n) is 10.1. The number of nitrogens with zero attached hydrogens (tertiary/aromatic N) is 1. The molecule has 0 aliphatic rings. The number of carbonyl (C=O) groups is 1. The first-order chi connectivity index (χ1) is 9.38. The van der Waals surface area contributed by atoms with Crippen LogP contribution >= 0.6 is 31.9 Å². The fourth-order valence-electron chi connectivity index (χ4n) is 1.71. The molecule has 0 bridgehead atoms. The van der Waals surface area contributed by atoms with Gasteiger partial charge in [0.05, 0.1) is 11.0 Å². The summed E-state index contributed by atoms with van der Waals surface area (Å²) in [5.74, 6) is -1.15. The summed E-state index contributed by atoms with van der Waals surface area (Å²) in [5, 5.41) is 0. The maximum Gasteiger partial charge on any atom is 0.265 e. The fraction of sp³-hybridized carbons (Fsp3) is 0.0769. The maximum absolute atomic E-state index is 13.8. The van der Waals surface area contributed by atoms with Crippen LogP contribution in [0.2, 0.25) is 0 Å². The largest absolute Gasteiger partial charge is 0.366 e. The van der Waals surface area contributed by atoms with Crippen molar-refractivity contribution in [2.24, 2.45) is 5.73 Å². The lowest BCUT2D eigenvalue weighted by Gasteiger charge is -2.09. The molecule has 2 rings (SSSR count). The molecule has 1 aromatic heterocycles. The van der Waals surface area contributed by atoms with Crippen molar-refractivity contribution in [3.05, 3.63) is 66.7 Å². The highest BCUT2D eigenvalue weighted by atomic mass is 79.9. The van der Waals surface area contributed by atoms with Gasteiger partial charge in [0.1, 0.15) is 5.82 Å². The first-order valence-electron chi connectivity index (χ1n) is 5.52. The molecule has 0 saturated carbocycles. The van der Waals surface area contributed by atoms with Crippen LogP contribution in [0.5, 0.6) is 0 Å². The van der Waals surface area contributed by atoms with Gasteiger partial charge in [-0.15, -0.1) is 0 Å². The van der Waals surface area contributed by atoms with Gasteiger partial charge in [-0.05, 0) is 56.1 Å². The topological polar surface area (TPSA) is 65.1 Å². The Morgan fingerprint density at radius 2 is 2.00 bits per heavy atom. The lowest BCUT2D eigenvalue weighted by atomic mass is 10.1. The molecule has 7 heteroatoms. The number of halogens is 3. The molecular weight excluding hydrogens is 395 g/mol. The van der Waals surface area contributed by atoms with Gasteiger partial charge in [0.25, 0.3) is 5.56 Å². The van der Waals surface area contributed by atoms with Gasteiger partial charge in [0.2, 0.25) is 5.91 Å². The van der Waals surface area contributed by atoms with E-state index in [0.29, 0.717) is 8.95 Å². The fourth-order valence-corrected chi connectivity index (χ4v) is 2.97. The quantitative estimate of drug-likeness (QED) is 0.856. The summed E-state index contributed by atoms with van der Waals surface area (Å²) in [4.78, 5) is 23.0. The van der Waals surface area contributed by atoms with Gasteiger partial charge in [0.15, 0.2) is 0 Å². The molecule has 0 aliphatic carbocycles. The second-order valence-electron chi connectivity index (χ2n) is 4.11. The molecule has 4 nitrogen and oxygen atoms in total. The number of aromatic nitrogens is 1. The van der Waals surface area contributed by atoms with E-state index in [1.54, 1.807) is 12.3 Å². The number of carbonyl (C=O) groups excluding carboxylic acids is 1. The molecule has 0 fully saturated rings. The van der Waals surface area contributed by atoms with Crippen LogP contribution in [0.15, 0.2) is 44.2 Å². The number of hydrogen-bond acceptors (Lipinski definition) is 2. The van der Waals surface area contributed by atoms with Crippen LogP contribution in [0.25, 0.3) is 0 Å². The highest BCUT2D eigenvalue weighted by molar-refractivity contribution is 9.11. The Morgan fingerprint density at radius 3 is 2.65 bits per heavy atom. The number of hydrogen-bond donors (Lipinski definition) is 1. The van der Waals surface area contributed by atoms with Crippen LogP contribution in [-0.4, -0.2) is 10.5 Å². The van der Waals surface area contributed by atoms with Crippen molar-refractivity contribution in [1.82, 2.24) is 4.57 Å². The van der Waals surface area contributed by atoms with Gasteiger partial charge >= 0.3 is 0 Å². The van der Waals surface area contributed by atoms with Crippen LogP contribution in [0, 0.1) is 5.82 Å². The van der Waals surface area contributed by atoms with E-state index in [9.17, 15) is 14.0 Å². The van der Waals surface area contributed by atoms with Crippen molar-refractivity contribution in [3.8, 4) is 0 Å². The van der Waals surface area contributed by atoms with Gasteiger partial charge in [0, 0.05) is 21.8 Å². The number of amides is 1. The first kappa shape index (κ1) is 14.9. The minimum atomic E-state index is -0.644. The molecule has 0 spiro atoms. The van der Waals surface area contributed by atoms with Gasteiger partial charge in [-0.2, -0.15) is 0 Å². The van der Waals surface area contributed by atoms with Crippen molar-refractivity contribution < 1.29 is 9.18 Å². The number of benzene rings is 1. The van der Waals surface area contributed by atoms with Crippen LogP contribution in [0.1, 0.15) is 15.9 Å². The van der Waals surface area contributed by atoms with E-state index in [0.717, 1.165) is 6.07 Å². The molecule has 1 aromatic carbocycles. The molecule has 1 heterocycles. The SMILES string of the molecule is NC(=O)c1ccc(F)c(Cn2cc(Br)cc(Br)c2=O)c1. The molecule has 1 amide bonds. The third kappa shape index (κ3) is 3.16. The van der Waals surface area contributed by atoms with Gasteiger partial charge in [-0.3, -0.25) is 9.59 Å². The van der Waals surface area contributed by atoms with E-state index in [1.165, 1.54) is 16.7 Å². The number of nitrogens with two attached hydrogens (primary N) is 1. The molecule has 0 atom stereocenters. The molecule has 2 aromatic rings. The van der Waals surface area contributed by atoms with Crippen molar-refractivity contribution in [2.75, 3.05) is 0 Å². The average molecular weight is 404 g/mol. The Balaban J connectivity index is 2.47. The minimum absolute atomic E-state index is 0.00380. The third-order valence-electron chi connectivity index (χ3n) is 2.68. The summed E-state index contributed by atoms with van der Waals surface area (Å²) in [5.41, 5.74) is 5.28. The van der Waals surface area contributed by atoms with Gasteiger partial charge in [-0.1, -0.05) is 0 Å². The predicted octanol–water partition coefficient (Wildman–Crippen LogP) is 2.66. The number of rotatable bonds is 3. The summed E-state index contributed by atoms with van der Waals surface area (Å²) in [6, 6.07) is 5.42. The van der Waals surface area contributed by atoms with Crippen LogP contribution in [-0.2, 0) is 6.54 Å². The Kier molecular flexibility index (Phi) is 4.39. The Labute approximate surface area is 130 Å². The Morgan fingerprint density at radius 1 is 1.30 bits per heavy atom. The summed E-state index contributed by atoms with van der Waals surface area (Å²) in [6.07, 6.45) is 1.55. The van der Waals surface area contributed by atoms with E-state index >= 15 is 0 Å². The van der Waals surface area contributed by atoms with E-state index < -0.39 is 11.7 Å². The van der Waals surface area contributed by atoms with Crippen molar-refractivity contribution in [2.45, 2.75) is 6.54 Å². The zero-order chi connectivity index (χ0) is 14.9. The monoisotopic (exact) mass is 402 g/mol. The van der Waals surface area contributed by atoms with E-state index in [4.69, 9.17) is 5.73 Å². The maximum atomic E-state index is 13.8. The smallest absolute Gasteiger partial charge is 0.265 e. The number of pyridine rings is 1. The highest BCUT2D eigenvalue weighted by Crippen LogP contribution is 2.16. The highest BCUT2D eigenvalue weighted by Gasteiger charge is 2.10. The van der Waals surface area contributed by atoms with Crippen molar-refractivity contribution >= 4 is 37.8 Å². The summed E-state index contributed by atoms with van der Waals surface area (Å²) in [7, 11) is 0. The molecule has 0 radical (unpaired) electrons. The second kappa shape index (κ2) is 5.88. The number of primary amides is 1. The molecule has 2 N–H and O–H groups in total. The standard InChI is InChI=1S/C13H9Br2FN2O2/c14-9-4-10(15)13(20)18(6-9)5-8-3-7(12(17)19)1-2-11(8)16/h1-4,6H,5H2,(H2,17,19). The van der Waals surface area contributed by atoms with Crippen LogP contribution in [0.4, 0.5) is 4.39 Å². The van der Waals surface area contributed by atoms with Crippen molar-refractivity contribution in [1.29, 1.82) is 0 Å². The molecular formula is C13H9Br2FN2O2. The molecule has 0 unspecified atom stereocenters. The summed E-state index contributed by atoms with van der Waals surface area (Å²) >= 11 is 6.39. The molecule has 104 valence electrons. The molecule has 20 heavy (non-hydrogen) atoms. The van der Waals surface area contributed by atoms with Gasteiger partial charge < -0.3 is 10.3 Å². The summed E-state index contributed by atoms with van der Waals surface area (Å²) < 4.78 is 16.1. The summed E-state index contributed by atoms with van der Waals surface area (Å²) in [6.45, 7) is 0.00380. The predicted molar refractivity (Wildman–Crippen MR) is 80.1 cm³/mol. The normalized spacial score (nSPS) is 10.6. The minimum Gasteiger partial charge on any atom is -0.366 e. The Hall–Kier alpha value is -1.47. The van der Waals surface area contributed by atoms with Crippen LogP contribution < -0.4 is 11.3 Å². The van der Waals surface area contributed by atoms with Crippen LogP contribution in [0.3, 0.4) is 0 Å². The van der Waals surface area contributed by atoms with E-state index in [1.807, 2.05) is 0 Å². The van der Waals surface area contributed by atoms with E-state index in [-0.39, 0.29) is 23.2 Å². The lowest BCUT2D eigenvalue weighted by molar-refractivity contribution is 0.1000. The average Bonchev–Trinajstić information content (AvgIpc) is 2.37.